The van der Waals surface area contributed by atoms with E-state index in [-0.39, 0.29) is 11.8 Å². The Morgan fingerprint density at radius 2 is 2.30 bits per heavy atom. The highest BCUT2D eigenvalue weighted by molar-refractivity contribution is 7.80. The van der Waals surface area contributed by atoms with Crippen LogP contribution < -0.4 is 5.32 Å². The molecule has 0 aliphatic carbocycles. The van der Waals surface area contributed by atoms with Crippen LogP contribution in [0.15, 0.2) is 0 Å². The summed E-state index contributed by atoms with van der Waals surface area (Å²) in [6, 6.07) is 0.0344. The summed E-state index contributed by atoms with van der Waals surface area (Å²) >= 11 is 4.06. The number of carbonyl (C=O) groups is 1. The van der Waals surface area contributed by atoms with Gasteiger partial charge in [-0.25, -0.2) is 0 Å². The summed E-state index contributed by atoms with van der Waals surface area (Å²) in [7, 11) is 1.81. The topological polar surface area (TPSA) is 29.1 Å². The smallest absolute Gasteiger partial charge is 0.146 e. The molecule has 3 heteroatoms. The fourth-order valence-corrected chi connectivity index (χ4v) is 1.03. The number of thiol groups is 1. The Morgan fingerprint density at radius 1 is 1.70 bits per heavy atom. The van der Waals surface area contributed by atoms with Gasteiger partial charge in [-0.3, -0.25) is 4.79 Å². The number of carbonyl (C=O) groups excluding carboxylic acids is 1. The second-order valence-corrected chi connectivity index (χ2v) is 2.76. The Hall–Kier alpha value is -0.0200. The first-order chi connectivity index (χ1) is 4.72. The highest BCUT2D eigenvalue weighted by Crippen LogP contribution is 1.98. The van der Waals surface area contributed by atoms with Crippen molar-refractivity contribution in [2.75, 3.05) is 12.8 Å². The first-order valence-electron chi connectivity index (χ1n) is 3.51. The summed E-state index contributed by atoms with van der Waals surface area (Å²) in [5.74, 6) is 1.06. The van der Waals surface area contributed by atoms with Crippen LogP contribution in [0, 0.1) is 0 Å². The molecule has 0 saturated carbocycles. The van der Waals surface area contributed by atoms with Crippen LogP contribution in [0.4, 0.5) is 0 Å². The normalized spacial score (nSPS) is 13.1. The van der Waals surface area contributed by atoms with Gasteiger partial charge in [-0.15, -0.1) is 0 Å². The molecule has 0 saturated heterocycles. The minimum Gasteiger partial charge on any atom is -0.311 e. The third-order valence-electron chi connectivity index (χ3n) is 1.49. The van der Waals surface area contributed by atoms with E-state index in [1.54, 1.807) is 6.92 Å². The molecule has 0 radical (unpaired) electrons. The average Bonchev–Trinajstić information content (AvgIpc) is 1.89. The highest BCUT2D eigenvalue weighted by atomic mass is 32.1. The molecular weight excluding hydrogens is 146 g/mol. The lowest BCUT2D eigenvalue weighted by Gasteiger charge is -2.10. The molecule has 0 spiro atoms. The van der Waals surface area contributed by atoms with E-state index >= 15 is 0 Å². The average molecular weight is 161 g/mol. The Kier molecular flexibility index (Phi) is 5.73. The molecule has 10 heavy (non-hydrogen) atoms. The fraction of sp³-hybridized carbons (Fsp3) is 0.857. The largest absolute Gasteiger partial charge is 0.311 e. The fourth-order valence-electron chi connectivity index (χ4n) is 0.846. The summed E-state index contributed by atoms with van der Waals surface area (Å²) in [6.45, 7) is 1.61. The van der Waals surface area contributed by atoms with Crippen LogP contribution in [-0.2, 0) is 4.79 Å². The molecular formula is C7H15NOS. The van der Waals surface area contributed by atoms with Crippen LogP contribution in [-0.4, -0.2) is 24.6 Å². The second-order valence-electron chi connectivity index (χ2n) is 2.32. The monoisotopic (exact) mass is 161 g/mol. The molecule has 0 aromatic heterocycles. The third kappa shape index (κ3) is 3.90. The lowest BCUT2D eigenvalue weighted by atomic mass is 10.1. The van der Waals surface area contributed by atoms with Gasteiger partial charge in [0.15, 0.2) is 0 Å². The Bertz CT molecular complexity index is 106. The van der Waals surface area contributed by atoms with Crippen molar-refractivity contribution in [3.63, 3.8) is 0 Å². The number of hydrogen-bond donors (Lipinski definition) is 2. The Balaban J connectivity index is 3.50. The molecule has 0 aliphatic rings. The predicted molar refractivity (Wildman–Crippen MR) is 46.6 cm³/mol. The molecule has 1 atom stereocenters. The van der Waals surface area contributed by atoms with Gasteiger partial charge < -0.3 is 5.32 Å². The molecule has 0 rings (SSSR count). The van der Waals surface area contributed by atoms with E-state index in [2.05, 4.69) is 17.9 Å². The van der Waals surface area contributed by atoms with Gasteiger partial charge in [-0.1, -0.05) is 0 Å². The minimum absolute atomic E-state index is 0.0344. The van der Waals surface area contributed by atoms with E-state index in [9.17, 15) is 4.79 Å². The van der Waals surface area contributed by atoms with Crippen molar-refractivity contribution in [3.8, 4) is 0 Å². The van der Waals surface area contributed by atoms with Gasteiger partial charge in [0.25, 0.3) is 0 Å². The van der Waals surface area contributed by atoms with Gasteiger partial charge in [0.1, 0.15) is 5.78 Å². The zero-order chi connectivity index (χ0) is 7.98. The van der Waals surface area contributed by atoms with E-state index in [4.69, 9.17) is 0 Å². The van der Waals surface area contributed by atoms with Gasteiger partial charge in [-0.2, -0.15) is 12.6 Å². The molecule has 0 amide bonds. The molecule has 0 fully saturated rings. The third-order valence-corrected chi connectivity index (χ3v) is 1.81. The first kappa shape index (κ1) is 9.98. The lowest BCUT2D eigenvalue weighted by molar-refractivity contribution is -0.119. The Labute approximate surface area is 67.8 Å². The van der Waals surface area contributed by atoms with Gasteiger partial charge in [0.05, 0.1) is 6.04 Å². The number of likely N-dealkylation sites (N-methyl/N-ethyl adjacent to an activating group) is 1. The molecule has 0 heterocycles. The van der Waals surface area contributed by atoms with Gasteiger partial charge in [0.2, 0.25) is 0 Å². The van der Waals surface area contributed by atoms with Crippen LogP contribution in [0.2, 0.25) is 0 Å². The second kappa shape index (κ2) is 5.74. The minimum atomic E-state index is 0.0344. The number of nitrogens with one attached hydrogen (secondary N) is 1. The zero-order valence-electron chi connectivity index (χ0n) is 6.55. The first-order valence-corrected chi connectivity index (χ1v) is 4.14. The van der Waals surface area contributed by atoms with Crippen molar-refractivity contribution in [2.45, 2.75) is 25.8 Å². The molecule has 0 bridgehead atoms. The molecule has 2 nitrogen and oxygen atoms in total. The Morgan fingerprint density at radius 3 is 2.60 bits per heavy atom. The SMILES string of the molecule is CNC(CCCS)C(C)=O. The van der Waals surface area contributed by atoms with Crippen molar-refractivity contribution >= 4 is 18.4 Å². The van der Waals surface area contributed by atoms with Crippen molar-refractivity contribution in [1.82, 2.24) is 5.32 Å². The number of Topliss-reactive ketones (excluding diaryl/α,β-unsaturated/α-hetero) is 1. The molecule has 0 aromatic rings. The standard InChI is InChI=1S/C7H15NOS/c1-6(9)7(8-2)4-3-5-10/h7-8,10H,3-5H2,1-2H3. The van der Waals surface area contributed by atoms with Crippen LogP contribution in [0.1, 0.15) is 19.8 Å². The number of ketones is 1. The summed E-state index contributed by atoms with van der Waals surface area (Å²) in [6.07, 6.45) is 1.89. The molecule has 0 aromatic carbocycles. The van der Waals surface area contributed by atoms with Crippen molar-refractivity contribution in [2.24, 2.45) is 0 Å². The molecule has 0 aliphatic heterocycles. The summed E-state index contributed by atoms with van der Waals surface area (Å²) in [4.78, 5) is 10.8. The summed E-state index contributed by atoms with van der Waals surface area (Å²) < 4.78 is 0. The van der Waals surface area contributed by atoms with Crippen LogP contribution in [0.3, 0.4) is 0 Å². The van der Waals surface area contributed by atoms with Crippen molar-refractivity contribution < 1.29 is 4.79 Å². The lowest BCUT2D eigenvalue weighted by Crippen LogP contribution is -2.32. The highest BCUT2D eigenvalue weighted by Gasteiger charge is 2.09. The summed E-state index contributed by atoms with van der Waals surface area (Å²) in [5.41, 5.74) is 0. The van der Waals surface area contributed by atoms with Gasteiger partial charge in [0, 0.05) is 0 Å². The predicted octanol–water partition coefficient (Wildman–Crippen LogP) is 0.873. The molecule has 1 unspecified atom stereocenters. The van der Waals surface area contributed by atoms with E-state index in [0.717, 1.165) is 18.6 Å². The van der Waals surface area contributed by atoms with E-state index in [1.165, 1.54) is 0 Å². The van der Waals surface area contributed by atoms with Gasteiger partial charge in [-0.05, 0) is 32.6 Å². The van der Waals surface area contributed by atoms with E-state index < -0.39 is 0 Å². The maximum atomic E-state index is 10.8. The quantitative estimate of drug-likeness (QED) is 0.586. The van der Waals surface area contributed by atoms with E-state index in [0.29, 0.717) is 0 Å². The maximum Gasteiger partial charge on any atom is 0.146 e. The zero-order valence-corrected chi connectivity index (χ0v) is 7.45. The van der Waals surface area contributed by atoms with Crippen LogP contribution in [0.25, 0.3) is 0 Å². The number of rotatable bonds is 5. The van der Waals surface area contributed by atoms with Gasteiger partial charge >= 0.3 is 0 Å². The van der Waals surface area contributed by atoms with E-state index in [1.807, 2.05) is 7.05 Å². The molecule has 1 N–H and O–H groups in total. The summed E-state index contributed by atoms with van der Waals surface area (Å²) in [5, 5.41) is 2.95. The molecule has 60 valence electrons. The van der Waals surface area contributed by atoms with Crippen LogP contribution >= 0.6 is 12.6 Å². The number of hydrogen-bond acceptors (Lipinski definition) is 3. The van der Waals surface area contributed by atoms with Crippen molar-refractivity contribution in [1.29, 1.82) is 0 Å². The maximum absolute atomic E-state index is 10.8. The van der Waals surface area contributed by atoms with Crippen molar-refractivity contribution in [3.05, 3.63) is 0 Å². The van der Waals surface area contributed by atoms with Crippen LogP contribution in [0.5, 0.6) is 0 Å².